The molecule has 0 fully saturated rings. The Hall–Kier alpha value is -0.570. The fourth-order valence-electron chi connectivity index (χ4n) is 0.211. The number of aliphatic hydroxyl groups is 1. The Labute approximate surface area is 60.5 Å². The van der Waals surface area contributed by atoms with Crippen molar-refractivity contribution in [1.29, 1.82) is 0 Å². The highest BCUT2D eigenvalue weighted by molar-refractivity contribution is 4.63. The second kappa shape index (κ2) is 2.73. The first-order valence-electron chi connectivity index (χ1n) is 2.20. The smallest absolute Gasteiger partial charge is 0.332 e. The molecule has 0 aliphatic carbocycles. The van der Waals surface area contributed by atoms with Crippen molar-refractivity contribution in [3.8, 4) is 0 Å². The van der Waals surface area contributed by atoms with Crippen LogP contribution in [-0.2, 0) is 4.74 Å². The fourth-order valence-corrected chi connectivity index (χ4v) is 0.211. The van der Waals surface area contributed by atoms with Crippen LogP contribution < -0.4 is 0 Å². The van der Waals surface area contributed by atoms with Gasteiger partial charge in [-0.05, 0) is 0 Å². The van der Waals surface area contributed by atoms with E-state index in [0.29, 0.717) is 0 Å². The molecule has 1 N–H and O–H groups in total. The van der Waals surface area contributed by atoms with E-state index in [1.165, 1.54) is 0 Å². The second-order valence-electron chi connectivity index (χ2n) is 1.61. The number of hydrogen-bond acceptors (Lipinski definition) is 2. The minimum absolute atomic E-state index is 1.75. The number of alkyl halides is 7. The molecule has 12 heavy (non-hydrogen) atoms. The van der Waals surface area contributed by atoms with Crippen LogP contribution in [0.3, 0.4) is 0 Å². The number of halogens is 7. The molecule has 0 aromatic rings. The van der Waals surface area contributed by atoms with Crippen molar-refractivity contribution in [1.82, 2.24) is 0 Å². The monoisotopic (exact) mass is 202 g/mol. The highest BCUT2D eigenvalue weighted by atomic mass is 19.4. The molecule has 0 spiro atoms. The van der Waals surface area contributed by atoms with Crippen LogP contribution in [0.1, 0.15) is 0 Å². The van der Waals surface area contributed by atoms with Crippen LogP contribution >= 0.6 is 0 Å². The zero-order valence-electron chi connectivity index (χ0n) is 5.00. The van der Waals surface area contributed by atoms with Crippen molar-refractivity contribution in [2.75, 3.05) is 0 Å². The molecule has 0 aliphatic heterocycles. The molecule has 0 heterocycles. The molecule has 0 aromatic carbocycles. The van der Waals surface area contributed by atoms with Gasteiger partial charge in [-0.25, -0.2) is 4.74 Å². The van der Waals surface area contributed by atoms with Crippen molar-refractivity contribution in [3.05, 3.63) is 0 Å². The van der Waals surface area contributed by atoms with Gasteiger partial charge in [0.15, 0.2) is 0 Å². The van der Waals surface area contributed by atoms with Gasteiger partial charge in [0.25, 0.3) is 0 Å². The van der Waals surface area contributed by atoms with E-state index < -0.39 is 18.6 Å². The molecule has 0 saturated heterocycles. The average molecular weight is 202 g/mol. The Kier molecular flexibility index (Phi) is 2.60. The Morgan fingerprint density at radius 2 is 1.17 bits per heavy atom. The Morgan fingerprint density at radius 1 is 0.833 bits per heavy atom. The summed E-state index contributed by atoms with van der Waals surface area (Å²) in [6.45, 7) is 0. The molecule has 74 valence electrons. The first-order valence-corrected chi connectivity index (χ1v) is 2.20. The summed E-state index contributed by atoms with van der Waals surface area (Å²) in [5.41, 5.74) is 0. The third kappa shape index (κ3) is 3.22. The summed E-state index contributed by atoms with van der Waals surface area (Å²) in [7, 11) is 0. The first kappa shape index (κ1) is 11.4. The minimum atomic E-state index is -6.15. The minimum Gasteiger partial charge on any atom is -0.332 e. The summed E-state index contributed by atoms with van der Waals surface area (Å²) in [6.07, 6.45) is -12.1. The number of rotatable bonds is 1. The maximum atomic E-state index is 11.6. The molecule has 9 heteroatoms. The van der Waals surface area contributed by atoms with Crippen molar-refractivity contribution in [2.45, 2.75) is 18.6 Å². The lowest BCUT2D eigenvalue weighted by molar-refractivity contribution is -0.507. The van der Waals surface area contributed by atoms with Gasteiger partial charge in [-0.2, -0.15) is 17.6 Å². The van der Waals surface area contributed by atoms with Gasteiger partial charge in [0.1, 0.15) is 0 Å². The quantitative estimate of drug-likeness (QED) is 0.518. The summed E-state index contributed by atoms with van der Waals surface area (Å²) in [5.74, 6) is 0. The van der Waals surface area contributed by atoms with E-state index in [0.717, 1.165) is 0 Å². The fraction of sp³-hybridized carbons (Fsp3) is 1.00. The molecule has 1 unspecified atom stereocenters. The summed E-state index contributed by atoms with van der Waals surface area (Å²) in [4.78, 5) is 0. The van der Waals surface area contributed by atoms with E-state index in [2.05, 4.69) is 0 Å². The normalized spacial score (nSPS) is 19.0. The van der Waals surface area contributed by atoms with Crippen molar-refractivity contribution >= 4 is 0 Å². The van der Waals surface area contributed by atoms with E-state index in [1.54, 1.807) is 4.74 Å². The molecule has 0 saturated carbocycles. The predicted molar refractivity (Wildman–Crippen MR) is 19.3 cm³/mol. The molecule has 0 radical (unpaired) electrons. The summed E-state index contributed by atoms with van der Waals surface area (Å²) < 4.78 is 79.6. The van der Waals surface area contributed by atoms with Crippen LogP contribution in [0, 0.1) is 0 Å². The zero-order chi connectivity index (χ0) is 10.2. The van der Waals surface area contributed by atoms with Crippen molar-refractivity contribution in [2.24, 2.45) is 0 Å². The van der Waals surface area contributed by atoms with E-state index in [9.17, 15) is 30.7 Å². The second-order valence-corrected chi connectivity index (χ2v) is 1.61. The molecule has 0 bridgehead atoms. The van der Waals surface area contributed by atoms with Gasteiger partial charge < -0.3 is 5.11 Å². The molecular weight excluding hydrogens is 201 g/mol. The predicted octanol–water partition coefficient (Wildman–Crippen LogP) is 1.70. The highest BCUT2D eigenvalue weighted by Gasteiger charge is 2.62. The van der Waals surface area contributed by atoms with Crippen LogP contribution in [0.2, 0.25) is 0 Å². The molecule has 0 aliphatic rings. The van der Waals surface area contributed by atoms with Crippen LogP contribution in [0.5, 0.6) is 0 Å². The van der Waals surface area contributed by atoms with Gasteiger partial charge >= 0.3 is 18.6 Å². The van der Waals surface area contributed by atoms with E-state index in [-0.39, 0.29) is 0 Å². The molecule has 0 rings (SSSR count). The average Bonchev–Trinajstić information content (AvgIpc) is 1.52. The zero-order valence-corrected chi connectivity index (χ0v) is 5.00. The summed E-state index contributed by atoms with van der Waals surface area (Å²) in [5, 5.41) is 7.45. The van der Waals surface area contributed by atoms with Crippen LogP contribution in [0.4, 0.5) is 30.7 Å². The Balaban J connectivity index is 4.44. The van der Waals surface area contributed by atoms with Gasteiger partial charge in [-0.1, -0.05) is 0 Å². The molecule has 1 atom stereocenters. The topological polar surface area (TPSA) is 29.5 Å². The SMILES string of the molecule is OC(F)(OC(F)(F)F)C(F)(F)F. The largest absolute Gasteiger partial charge is 0.527 e. The van der Waals surface area contributed by atoms with Crippen molar-refractivity contribution in [3.63, 3.8) is 0 Å². The maximum Gasteiger partial charge on any atom is 0.527 e. The van der Waals surface area contributed by atoms with Gasteiger partial charge in [0, 0.05) is 0 Å². The van der Waals surface area contributed by atoms with Crippen LogP contribution in [0.15, 0.2) is 0 Å². The highest BCUT2D eigenvalue weighted by Crippen LogP contribution is 2.37. The lowest BCUT2D eigenvalue weighted by Gasteiger charge is -2.22. The Morgan fingerprint density at radius 3 is 1.25 bits per heavy atom. The van der Waals surface area contributed by atoms with Gasteiger partial charge in [0.2, 0.25) is 0 Å². The number of hydrogen-bond donors (Lipinski definition) is 1. The Bertz CT molecular complexity index is 155. The van der Waals surface area contributed by atoms with Crippen LogP contribution in [-0.4, -0.2) is 23.7 Å². The summed E-state index contributed by atoms with van der Waals surface area (Å²) in [6, 6.07) is -5.70. The third-order valence-electron chi connectivity index (χ3n) is 0.601. The first-order chi connectivity index (χ1) is 4.96. The molecular formula is C3HF7O2. The lowest BCUT2D eigenvalue weighted by Crippen LogP contribution is -2.46. The van der Waals surface area contributed by atoms with Crippen LogP contribution in [0.25, 0.3) is 0 Å². The summed E-state index contributed by atoms with van der Waals surface area (Å²) >= 11 is 0. The van der Waals surface area contributed by atoms with E-state index in [4.69, 9.17) is 5.11 Å². The van der Waals surface area contributed by atoms with E-state index in [1.807, 2.05) is 0 Å². The standard InChI is InChI=1S/C3HF7O2/c4-1(5,6)2(7,11)12-3(8,9)10/h11H. The van der Waals surface area contributed by atoms with Gasteiger partial charge in [0.05, 0.1) is 0 Å². The van der Waals surface area contributed by atoms with Crippen molar-refractivity contribution < 1.29 is 40.6 Å². The molecule has 0 amide bonds. The molecule has 0 aromatic heterocycles. The van der Waals surface area contributed by atoms with E-state index >= 15 is 0 Å². The molecule has 2 nitrogen and oxygen atoms in total. The lowest BCUT2D eigenvalue weighted by atomic mass is 10.6. The van der Waals surface area contributed by atoms with Gasteiger partial charge in [-0.3, -0.25) is 0 Å². The number of ether oxygens (including phenoxy) is 1. The third-order valence-corrected chi connectivity index (χ3v) is 0.601. The van der Waals surface area contributed by atoms with Gasteiger partial charge in [-0.15, -0.1) is 13.2 Å². The maximum absolute atomic E-state index is 11.6.